The molecule has 2 aromatic heterocycles. The second-order valence-corrected chi connectivity index (χ2v) is 8.76. The SMILES string of the molecule is O=c1[nH]c(C2CC2)nc2c1CN(Cc1cn(-c3ccccc3)nc1-c1ccccc1)CC2. The van der Waals surface area contributed by atoms with Crippen molar-refractivity contribution in [2.75, 3.05) is 6.54 Å². The average Bonchev–Trinajstić information content (AvgIpc) is 3.61. The summed E-state index contributed by atoms with van der Waals surface area (Å²) in [4.78, 5) is 22.9. The molecule has 4 aromatic rings. The second-order valence-electron chi connectivity index (χ2n) is 8.76. The lowest BCUT2D eigenvalue weighted by Crippen LogP contribution is -2.35. The number of fused-ring (bicyclic) bond motifs is 1. The number of nitrogens with one attached hydrogen (secondary N) is 1. The fraction of sp³-hybridized carbons (Fsp3) is 0.269. The summed E-state index contributed by atoms with van der Waals surface area (Å²) in [5.41, 5.74) is 6.10. The number of para-hydroxylation sites is 1. The lowest BCUT2D eigenvalue weighted by Gasteiger charge is -2.27. The maximum absolute atomic E-state index is 12.8. The maximum Gasteiger partial charge on any atom is 0.255 e. The third kappa shape index (κ3) is 3.67. The van der Waals surface area contributed by atoms with Gasteiger partial charge in [0.2, 0.25) is 0 Å². The molecule has 3 heterocycles. The van der Waals surface area contributed by atoms with E-state index in [1.54, 1.807) is 0 Å². The monoisotopic (exact) mass is 423 g/mol. The summed E-state index contributed by atoms with van der Waals surface area (Å²) < 4.78 is 1.95. The van der Waals surface area contributed by atoms with E-state index >= 15 is 0 Å². The first kappa shape index (κ1) is 19.2. The summed E-state index contributed by atoms with van der Waals surface area (Å²) in [5.74, 6) is 1.35. The van der Waals surface area contributed by atoms with Crippen LogP contribution in [0.5, 0.6) is 0 Å². The number of benzene rings is 2. The van der Waals surface area contributed by atoms with Gasteiger partial charge in [-0.2, -0.15) is 5.10 Å². The van der Waals surface area contributed by atoms with Crippen molar-refractivity contribution in [3.05, 3.63) is 99.9 Å². The highest BCUT2D eigenvalue weighted by Gasteiger charge is 2.29. The van der Waals surface area contributed by atoms with Gasteiger partial charge in [0.15, 0.2) is 0 Å². The van der Waals surface area contributed by atoms with Crippen LogP contribution < -0.4 is 5.56 Å². The first-order chi connectivity index (χ1) is 15.7. The van der Waals surface area contributed by atoms with Gasteiger partial charge < -0.3 is 4.98 Å². The molecule has 0 unspecified atom stereocenters. The van der Waals surface area contributed by atoms with Gasteiger partial charge in [0.25, 0.3) is 5.56 Å². The number of H-pyrrole nitrogens is 1. The van der Waals surface area contributed by atoms with E-state index in [4.69, 9.17) is 10.1 Å². The maximum atomic E-state index is 12.8. The molecule has 0 saturated heterocycles. The summed E-state index contributed by atoms with van der Waals surface area (Å²) >= 11 is 0. The molecule has 32 heavy (non-hydrogen) atoms. The molecule has 1 aliphatic heterocycles. The van der Waals surface area contributed by atoms with Crippen LogP contribution in [0.15, 0.2) is 71.7 Å². The molecule has 0 atom stereocenters. The first-order valence-electron chi connectivity index (χ1n) is 11.3. The molecule has 0 radical (unpaired) electrons. The number of hydrogen-bond donors (Lipinski definition) is 1. The Morgan fingerprint density at radius 1 is 1.00 bits per heavy atom. The second kappa shape index (κ2) is 7.88. The van der Waals surface area contributed by atoms with Crippen LogP contribution in [0.4, 0.5) is 0 Å². The smallest absolute Gasteiger partial charge is 0.255 e. The summed E-state index contributed by atoms with van der Waals surface area (Å²) in [6.07, 6.45) is 5.21. The van der Waals surface area contributed by atoms with E-state index in [0.717, 1.165) is 71.9 Å². The zero-order chi connectivity index (χ0) is 21.5. The van der Waals surface area contributed by atoms with Crippen LogP contribution in [0, 0.1) is 0 Å². The summed E-state index contributed by atoms with van der Waals surface area (Å²) in [6, 6.07) is 20.5. The van der Waals surface area contributed by atoms with Crippen molar-refractivity contribution < 1.29 is 0 Å². The number of aromatic nitrogens is 4. The van der Waals surface area contributed by atoms with E-state index in [0.29, 0.717) is 12.5 Å². The van der Waals surface area contributed by atoms with E-state index in [9.17, 15) is 4.79 Å². The Labute approximate surface area is 186 Å². The third-order valence-electron chi connectivity index (χ3n) is 6.38. The van der Waals surface area contributed by atoms with Gasteiger partial charge in [-0.1, -0.05) is 48.5 Å². The Bertz CT molecular complexity index is 1310. The first-order valence-corrected chi connectivity index (χ1v) is 11.3. The van der Waals surface area contributed by atoms with E-state index in [-0.39, 0.29) is 5.56 Å². The molecule has 1 fully saturated rings. The summed E-state index contributed by atoms with van der Waals surface area (Å²) in [5, 5.41) is 4.93. The highest BCUT2D eigenvalue weighted by molar-refractivity contribution is 5.63. The molecule has 6 heteroatoms. The van der Waals surface area contributed by atoms with E-state index in [2.05, 4.69) is 40.3 Å². The standard InChI is InChI=1S/C26H25N5O/c32-26-22-17-30(14-13-23(22)27-25(28-26)19-11-12-19)15-20-16-31(21-9-5-2-6-10-21)29-24(20)18-7-3-1-4-8-18/h1-10,16,19H,11-15,17H2,(H,27,28,32). The van der Waals surface area contributed by atoms with Crippen LogP contribution in [0.1, 0.15) is 41.4 Å². The Morgan fingerprint density at radius 2 is 1.75 bits per heavy atom. The topological polar surface area (TPSA) is 66.8 Å². The molecule has 0 spiro atoms. The van der Waals surface area contributed by atoms with Crippen LogP contribution in [0.2, 0.25) is 0 Å². The fourth-order valence-electron chi connectivity index (χ4n) is 4.50. The average molecular weight is 424 g/mol. The van der Waals surface area contributed by atoms with E-state index in [1.807, 2.05) is 41.1 Å². The molecular formula is C26H25N5O. The number of rotatable bonds is 5. The number of hydrogen-bond acceptors (Lipinski definition) is 4. The van der Waals surface area contributed by atoms with Crippen molar-refractivity contribution in [1.29, 1.82) is 0 Å². The quantitative estimate of drug-likeness (QED) is 0.526. The van der Waals surface area contributed by atoms with Gasteiger partial charge in [0.1, 0.15) is 5.82 Å². The van der Waals surface area contributed by atoms with Crippen molar-refractivity contribution in [2.24, 2.45) is 0 Å². The lowest BCUT2D eigenvalue weighted by atomic mass is 10.0. The molecule has 1 aliphatic carbocycles. The zero-order valence-electron chi connectivity index (χ0n) is 17.9. The van der Waals surface area contributed by atoms with Crippen LogP contribution in [-0.2, 0) is 19.5 Å². The number of aromatic amines is 1. The Balaban J connectivity index is 1.32. The summed E-state index contributed by atoms with van der Waals surface area (Å²) in [7, 11) is 0. The lowest BCUT2D eigenvalue weighted by molar-refractivity contribution is 0.241. The van der Waals surface area contributed by atoms with Gasteiger partial charge in [0.05, 0.1) is 22.6 Å². The zero-order valence-corrected chi connectivity index (χ0v) is 17.9. The molecule has 160 valence electrons. The summed E-state index contributed by atoms with van der Waals surface area (Å²) in [6.45, 7) is 2.24. The third-order valence-corrected chi connectivity index (χ3v) is 6.38. The predicted molar refractivity (Wildman–Crippen MR) is 124 cm³/mol. The van der Waals surface area contributed by atoms with Gasteiger partial charge in [0, 0.05) is 49.3 Å². The van der Waals surface area contributed by atoms with Gasteiger partial charge in [-0.3, -0.25) is 9.69 Å². The normalized spacial score (nSPS) is 16.1. The molecule has 6 nitrogen and oxygen atoms in total. The molecular weight excluding hydrogens is 398 g/mol. The van der Waals surface area contributed by atoms with Crippen LogP contribution in [-0.4, -0.2) is 31.2 Å². The van der Waals surface area contributed by atoms with Crippen molar-refractivity contribution in [2.45, 2.75) is 38.3 Å². The Morgan fingerprint density at radius 3 is 2.50 bits per heavy atom. The van der Waals surface area contributed by atoms with Gasteiger partial charge in [-0.05, 0) is 25.0 Å². The van der Waals surface area contributed by atoms with Crippen LogP contribution >= 0.6 is 0 Å². The molecule has 1 saturated carbocycles. The molecule has 1 N–H and O–H groups in total. The minimum Gasteiger partial charge on any atom is -0.310 e. The molecule has 0 amide bonds. The van der Waals surface area contributed by atoms with Crippen molar-refractivity contribution >= 4 is 0 Å². The van der Waals surface area contributed by atoms with Gasteiger partial charge in [-0.25, -0.2) is 9.67 Å². The molecule has 6 rings (SSSR count). The Hall–Kier alpha value is -3.51. The highest BCUT2D eigenvalue weighted by atomic mass is 16.1. The predicted octanol–water partition coefficient (Wildman–Crippen LogP) is 4.06. The molecule has 0 bridgehead atoms. The fourth-order valence-corrected chi connectivity index (χ4v) is 4.50. The molecule has 2 aromatic carbocycles. The highest BCUT2D eigenvalue weighted by Crippen LogP contribution is 2.38. The van der Waals surface area contributed by atoms with Gasteiger partial charge in [-0.15, -0.1) is 0 Å². The molecule has 2 aliphatic rings. The van der Waals surface area contributed by atoms with Crippen molar-refractivity contribution in [3.8, 4) is 16.9 Å². The van der Waals surface area contributed by atoms with Crippen LogP contribution in [0.3, 0.4) is 0 Å². The Kier molecular flexibility index (Phi) is 4.72. The van der Waals surface area contributed by atoms with Gasteiger partial charge >= 0.3 is 0 Å². The van der Waals surface area contributed by atoms with E-state index in [1.165, 1.54) is 0 Å². The largest absolute Gasteiger partial charge is 0.310 e. The van der Waals surface area contributed by atoms with E-state index < -0.39 is 0 Å². The van der Waals surface area contributed by atoms with Crippen molar-refractivity contribution in [1.82, 2.24) is 24.6 Å². The minimum atomic E-state index is 0.0323. The van der Waals surface area contributed by atoms with Crippen molar-refractivity contribution in [3.63, 3.8) is 0 Å². The van der Waals surface area contributed by atoms with Crippen LogP contribution in [0.25, 0.3) is 16.9 Å². The number of nitrogens with zero attached hydrogens (tertiary/aromatic N) is 4. The minimum absolute atomic E-state index is 0.0323.